The summed E-state index contributed by atoms with van der Waals surface area (Å²) in [6.45, 7) is 10.5. The first-order chi connectivity index (χ1) is 43.5. The molecule has 0 aromatic carbocycles. The molecule has 516 valence electrons. The first kappa shape index (κ1) is 83.8. The number of hydrogen-bond donors (Lipinski definition) is 1. The molecule has 2 unspecified atom stereocenters. The van der Waals surface area contributed by atoms with E-state index in [9.17, 15) is 14.7 Å². The van der Waals surface area contributed by atoms with Crippen LogP contribution >= 0.6 is 0 Å². The molecule has 2 atom stereocenters. The van der Waals surface area contributed by atoms with Crippen LogP contribution in [0.15, 0.2) is 48.6 Å². The van der Waals surface area contributed by atoms with Crippen LogP contribution in [-0.2, 0) is 19.1 Å². The number of aliphatic hydroxyl groups excluding tert-OH is 1. The summed E-state index contributed by atoms with van der Waals surface area (Å²) in [7, 11) is 0. The van der Waals surface area contributed by atoms with Crippen molar-refractivity contribution in [3.8, 4) is 0 Å². The Labute approximate surface area is 550 Å². The molecule has 0 amide bonds. The van der Waals surface area contributed by atoms with Gasteiger partial charge in [0.05, 0.1) is 18.4 Å². The van der Waals surface area contributed by atoms with Gasteiger partial charge in [-0.2, -0.15) is 0 Å². The first-order valence-electron chi connectivity index (χ1n) is 39.8. The number of nitrogens with zero attached hydrogens (tertiary/aromatic N) is 1. The third-order valence-corrected chi connectivity index (χ3v) is 19.2. The number of likely N-dealkylation sites (tertiary alicyclic amines) is 1. The number of esters is 2. The van der Waals surface area contributed by atoms with Crippen molar-refractivity contribution in [3.05, 3.63) is 48.6 Å². The zero-order valence-electron chi connectivity index (χ0n) is 59.7. The Morgan fingerprint density at radius 3 is 0.761 bits per heavy atom. The number of ether oxygens (including phenoxy) is 2. The van der Waals surface area contributed by atoms with E-state index in [0.717, 1.165) is 64.2 Å². The molecule has 0 aliphatic carbocycles. The number of rotatable bonds is 70. The van der Waals surface area contributed by atoms with E-state index in [1.165, 1.54) is 321 Å². The highest BCUT2D eigenvalue weighted by molar-refractivity contribution is 5.83. The average molecular weight is 1230 g/mol. The molecule has 1 fully saturated rings. The van der Waals surface area contributed by atoms with Crippen molar-refractivity contribution in [2.45, 2.75) is 425 Å². The summed E-state index contributed by atoms with van der Waals surface area (Å²) < 4.78 is 13.1. The van der Waals surface area contributed by atoms with Crippen molar-refractivity contribution in [1.29, 1.82) is 0 Å². The highest BCUT2D eigenvalue weighted by atomic mass is 16.6. The Bertz CT molecular complexity index is 1470. The van der Waals surface area contributed by atoms with Crippen molar-refractivity contribution in [2.75, 3.05) is 26.2 Å². The van der Waals surface area contributed by atoms with Gasteiger partial charge < -0.3 is 14.6 Å². The van der Waals surface area contributed by atoms with Crippen molar-refractivity contribution >= 4 is 11.9 Å². The molecule has 1 saturated heterocycles. The third kappa shape index (κ3) is 56.6. The lowest BCUT2D eigenvalue weighted by Gasteiger charge is -2.24. The standard InChI is InChI=1S/C82H153NO5/c1-5-9-13-17-21-25-29-33-37-41-45-49-53-57-61-65-69-77(70-66-62-58-54-50-46-42-38-34-30-26-22-18-14-10-6-2)87-81(85)79-75-83(73-74-84)76-80(79)82(86)88-78(71-67-63-59-55-51-47-43-39-35-31-27-23-19-15-11-7-3)72-68-64-60-56-52-48-44-40-36-32-28-24-20-16-12-8-4/h21-22,25-26,33-34,37-38,77-80,84H,5-20,23-24,27-32,35-36,39-76H2,1-4H3/b25-21-,26-22-,37-33-,38-34-. The Balaban J connectivity index is 2.85. The maximum Gasteiger partial charge on any atom is 0.311 e. The van der Waals surface area contributed by atoms with Crippen LogP contribution in [0.3, 0.4) is 0 Å². The highest BCUT2D eigenvalue weighted by Crippen LogP contribution is 2.30. The summed E-state index contributed by atoms with van der Waals surface area (Å²) in [6, 6.07) is 0. The van der Waals surface area contributed by atoms with Crippen LogP contribution < -0.4 is 0 Å². The van der Waals surface area contributed by atoms with Crippen LogP contribution in [0.25, 0.3) is 0 Å². The van der Waals surface area contributed by atoms with E-state index in [1.54, 1.807) is 0 Å². The maximum atomic E-state index is 14.5. The quantitative estimate of drug-likeness (QED) is 0.0372. The lowest BCUT2D eigenvalue weighted by molar-refractivity contribution is -0.165. The van der Waals surface area contributed by atoms with Gasteiger partial charge in [0, 0.05) is 19.6 Å². The van der Waals surface area contributed by atoms with E-state index in [1.807, 2.05) is 0 Å². The van der Waals surface area contributed by atoms with Crippen molar-refractivity contribution < 1.29 is 24.2 Å². The smallest absolute Gasteiger partial charge is 0.311 e. The van der Waals surface area contributed by atoms with E-state index in [-0.39, 0.29) is 30.8 Å². The molecule has 0 aromatic heterocycles. The number of hydrogen-bond acceptors (Lipinski definition) is 6. The molecule has 88 heavy (non-hydrogen) atoms. The second kappa shape index (κ2) is 69.2. The Kier molecular flexibility index (Phi) is 65.9. The number of β-amino-alcohol motifs (C(OH)–C–C–N with tert-alkyl or cyclic N) is 1. The van der Waals surface area contributed by atoms with Gasteiger partial charge in [-0.05, 0) is 116 Å². The largest absolute Gasteiger partial charge is 0.462 e. The fourth-order valence-corrected chi connectivity index (χ4v) is 13.3. The number of allylic oxidation sites excluding steroid dienone is 8. The Hall–Kier alpha value is -2.18. The molecule has 1 aliphatic rings. The van der Waals surface area contributed by atoms with E-state index in [0.29, 0.717) is 19.6 Å². The summed E-state index contributed by atoms with van der Waals surface area (Å²) in [5.74, 6) is -1.55. The monoisotopic (exact) mass is 1230 g/mol. The van der Waals surface area contributed by atoms with Gasteiger partial charge in [0.2, 0.25) is 0 Å². The van der Waals surface area contributed by atoms with Gasteiger partial charge in [0.25, 0.3) is 0 Å². The minimum Gasteiger partial charge on any atom is -0.462 e. The predicted molar refractivity (Wildman–Crippen MR) is 387 cm³/mol. The van der Waals surface area contributed by atoms with E-state index < -0.39 is 11.8 Å². The lowest BCUT2D eigenvalue weighted by Crippen LogP contribution is -2.35. The third-order valence-electron chi connectivity index (χ3n) is 19.2. The summed E-state index contributed by atoms with van der Waals surface area (Å²) in [6.07, 6.45) is 94.4. The molecule has 1 heterocycles. The molecule has 0 bridgehead atoms. The zero-order valence-corrected chi connectivity index (χ0v) is 59.7. The van der Waals surface area contributed by atoms with Crippen molar-refractivity contribution in [2.24, 2.45) is 11.8 Å². The van der Waals surface area contributed by atoms with Crippen LogP contribution in [-0.4, -0.2) is 60.4 Å². The van der Waals surface area contributed by atoms with Crippen LogP contribution in [0, 0.1) is 11.8 Å². The number of unbranched alkanes of at least 4 members (excludes halogenated alkanes) is 48. The fourth-order valence-electron chi connectivity index (χ4n) is 13.3. The highest BCUT2D eigenvalue weighted by Gasteiger charge is 2.44. The number of carbonyl (C=O) groups is 2. The molecule has 1 rings (SSSR count). The first-order valence-corrected chi connectivity index (χ1v) is 39.8. The minimum absolute atomic E-state index is 0.00833. The fraction of sp³-hybridized carbons (Fsp3) is 0.878. The van der Waals surface area contributed by atoms with Gasteiger partial charge in [-0.15, -0.1) is 0 Å². The van der Waals surface area contributed by atoms with Gasteiger partial charge in [-0.3, -0.25) is 14.5 Å². The van der Waals surface area contributed by atoms with Crippen LogP contribution in [0.4, 0.5) is 0 Å². The SMILES string of the molecule is CCCCC/C=C\C/C=C\CCCCCCCCC(CCCCCCCC/C=C\C/C=C\CCCCC)OC(=O)C1CN(CCO)CC1C(=O)OC(CCCCCCCCCCCCCCCCCC)CCCCCCCCCCCCCCCCCC. The van der Waals surface area contributed by atoms with Crippen molar-refractivity contribution in [1.82, 2.24) is 4.90 Å². The molecule has 0 spiro atoms. The summed E-state index contributed by atoms with van der Waals surface area (Å²) in [5, 5.41) is 10.1. The van der Waals surface area contributed by atoms with Gasteiger partial charge in [0.15, 0.2) is 0 Å². The van der Waals surface area contributed by atoms with Gasteiger partial charge in [0.1, 0.15) is 12.2 Å². The normalized spacial score (nSPS) is 14.9. The predicted octanol–water partition coefficient (Wildman–Crippen LogP) is 26.1. The molecular weight excluding hydrogens is 1080 g/mol. The molecule has 0 saturated carbocycles. The molecular formula is C82H153NO5. The van der Waals surface area contributed by atoms with E-state index in [4.69, 9.17) is 9.47 Å². The maximum absolute atomic E-state index is 14.5. The van der Waals surface area contributed by atoms with Crippen LogP contribution in [0.1, 0.15) is 413 Å². The van der Waals surface area contributed by atoms with E-state index >= 15 is 0 Å². The van der Waals surface area contributed by atoms with Gasteiger partial charge >= 0.3 is 11.9 Å². The molecule has 1 N–H and O–H groups in total. The second-order valence-corrected chi connectivity index (χ2v) is 27.7. The van der Waals surface area contributed by atoms with Gasteiger partial charge in [-0.1, -0.05) is 346 Å². The molecule has 6 heteroatoms. The number of carbonyl (C=O) groups excluding carboxylic acids is 2. The molecule has 0 radical (unpaired) electrons. The summed E-state index contributed by atoms with van der Waals surface area (Å²) >= 11 is 0. The topological polar surface area (TPSA) is 76.1 Å². The second-order valence-electron chi connectivity index (χ2n) is 27.7. The molecule has 6 nitrogen and oxygen atoms in total. The number of aliphatic hydroxyl groups is 1. The molecule has 1 aliphatic heterocycles. The zero-order chi connectivity index (χ0) is 63.4. The Morgan fingerprint density at radius 2 is 0.523 bits per heavy atom. The lowest BCUT2D eigenvalue weighted by atomic mass is 9.95. The summed E-state index contributed by atoms with van der Waals surface area (Å²) in [5.41, 5.74) is 0. The average Bonchev–Trinajstić information content (AvgIpc) is 3.17. The Morgan fingerprint density at radius 1 is 0.318 bits per heavy atom. The summed E-state index contributed by atoms with van der Waals surface area (Å²) in [4.78, 5) is 31.1. The van der Waals surface area contributed by atoms with Crippen LogP contribution in [0.2, 0.25) is 0 Å². The van der Waals surface area contributed by atoms with Crippen molar-refractivity contribution in [3.63, 3.8) is 0 Å². The minimum atomic E-state index is -0.556. The van der Waals surface area contributed by atoms with E-state index in [2.05, 4.69) is 81.2 Å². The van der Waals surface area contributed by atoms with Crippen LogP contribution in [0.5, 0.6) is 0 Å². The van der Waals surface area contributed by atoms with Gasteiger partial charge in [-0.25, -0.2) is 0 Å². The molecule has 0 aromatic rings.